The third kappa shape index (κ3) is 2.20. The van der Waals surface area contributed by atoms with Gasteiger partial charge in [0, 0.05) is 6.04 Å². The summed E-state index contributed by atoms with van der Waals surface area (Å²) in [6.07, 6.45) is 2.09. The van der Waals surface area contributed by atoms with Gasteiger partial charge in [-0.1, -0.05) is 13.3 Å². The lowest BCUT2D eigenvalue weighted by Gasteiger charge is -2.08. The molecule has 0 saturated heterocycles. The molecule has 0 amide bonds. The zero-order chi connectivity index (χ0) is 9.35. The van der Waals surface area contributed by atoms with E-state index in [2.05, 4.69) is 11.6 Å². The van der Waals surface area contributed by atoms with Crippen LogP contribution in [0.3, 0.4) is 0 Å². The van der Waals surface area contributed by atoms with Gasteiger partial charge >= 0.3 is 0 Å². The summed E-state index contributed by atoms with van der Waals surface area (Å²) in [5.41, 5.74) is 0. The highest BCUT2D eigenvalue weighted by atomic mass is 32.2. The molecule has 1 saturated carbocycles. The van der Waals surface area contributed by atoms with Crippen LogP contribution in [0, 0.1) is 5.92 Å². The molecule has 1 aliphatic rings. The van der Waals surface area contributed by atoms with Crippen molar-refractivity contribution in [2.75, 3.05) is 0 Å². The average Bonchev–Trinajstić information content (AvgIpc) is 2.66. The monoisotopic (exact) mass is 191 g/mol. The van der Waals surface area contributed by atoms with Crippen LogP contribution in [-0.4, -0.2) is 19.7 Å². The minimum Gasteiger partial charge on any atom is -0.212 e. The second kappa shape index (κ2) is 3.34. The smallest absolute Gasteiger partial charge is 0.212 e. The molecule has 0 radical (unpaired) electrons. The molecule has 0 bridgehead atoms. The summed E-state index contributed by atoms with van der Waals surface area (Å²) in [7, 11) is -3.03. The molecule has 1 fully saturated rings. The summed E-state index contributed by atoms with van der Waals surface area (Å²) < 4.78 is 25.4. The Labute approximate surface area is 74.6 Å². The van der Waals surface area contributed by atoms with Gasteiger partial charge in [0.05, 0.1) is 5.25 Å². The summed E-state index contributed by atoms with van der Waals surface area (Å²) in [6.45, 7) is 5.49. The Balaban J connectivity index is 2.43. The maximum absolute atomic E-state index is 11.3. The summed E-state index contributed by atoms with van der Waals surface area (Å²) in [6, 6.07) is 0.224. The van der Waals surface area contributed by atoms with Crippen molar-refractivity contribution < 1.29 is 8.42 Å². The summed E-state index contributed by atoms with van der Waals surface area (Å²) in [5.74, 6) is 0.582. The Morgan fingerprint density at radius 1 is 1.50 bits per heavy atom. The van der Waals surface area contributed by atoms with Crippen molar-refractivity contribution in [1.29, 1.82) is 0 Å². The maximum atomic E-state index is 11.3. The predicted molar refractivity (Wildman–Crippen MR) is 49.4 cm³/mol. The van der Waals surface area contributed by atoms with Crippen LogP contribution in [0.15, 0.2) is 0 Å². The average molecular weight is 191 g/mol. The second-order valence-electron chi connectivity index (χ2n) is 3.72. The van der Waals surface area contributed by atoms with Gasteiger partial charge in [0.2, 0.25) is 10.0 Å². The van der Waals surface area contributed by atoms with Gasteiger partial charge in [0.1, 0.15) is 0 Å². The van der Waals surface area contributed by atoms with Crippen LogP contribution in [0.1, 0.15) is 33.6 Å². The van der Waals surface area contributed by atoms with Crippen LogP contribution >= 0.6 is 0 Å². The highest BCUT2D eigenvalue weighted by Crippen LogP contribution is 2.33. The van der Waals surface area contributed by atoms with E-state index in [1.54, 1.807) is 13.8 Å². The Hall–Kier alpha value is -0.0900. The van der Waals surface area contributed by atoms with Crippen LogP contribution in [0.2, 0.25) is 0 Å². The van der Waals surface area contributed by atoms with Gasteiger partial charge < -0.3 is 0 Å². The van der Waals surface area contributed by atoms with Gasteiger partial charge in [-0.15, -0.1) is 0 Å². The fourth-order valence-electron chi connectivity index (χ4n) is 1.19. The van der Waals surface area contributed by atoms with Crippen molar-refractivity contribution in [2.45, 2.75) is 44.9 Å². The Kier molecular flexibility index (Phi) is 2.78. The Morgan fingerprint density at radius 3 is 2.42 bits per heavy atom. The molecule has 2 atom stereocenters. The Morgan fingerprint density at radius 2 is 2.08 bits per heavy atom. The van der Waals surface area contributed by atoms with Crippen molar-refractivity contribution in [1.82, 2.24) is 4.72 Å². The van der Waals surface area contributed by atoms with Crippen LogP contribution in [0.25, 0.3) is 0 Å². The maximum Gasteiger partial charge on any atom is 0.214 e. The van der Waals surface area contributed by atoms with Crippen molar-refractivity contribution in [2.24, 2.45) is 5.92 Å². The standard InChI is InChI=1S/C8H17NO2S/c1-4-7-5-8(7)9-12(10,11)6(2)3/h6-9H,4-5H2,1-3H3. The van der Waals surface area contributed by atoms with E-state index in [1.807, 2.05) is 0 Å². The predicted octanol–water partition coefficient (Wildman–Crippen LogP) is 1.11. The lowest BCUT2D eigenvalue weighted by Crippen LogP contribution is -2.33. The molecule has 1 N–H and O–H groups in total. The van der Waals surface area contributed by atoms with E-state index in [0.717, 1.165) is 12.8 Å². The highest BCUT2D eigenvalue weighted by molar-refractivity contribution is 7.90. The number of hydrogen-bond donors (Lipinski definition) is 1. The van der Waals surface area contributed by atoms with Crippen LogP contribution in [0.5, 0.6) is 0 Å². The molecular weight excluding hydrogens is 174 g/mol. The third-order valence-corrected chi connectivity index (χ3v) is 4.26. The van der Waals surface area contributed by atoms with Crippen molar-refractivity contribution in [3.8, 4) is 0 Å². The molecule has 0 spiro atoms. The SMILES string of the molecule is CCC1CC1NS(=O)(=O)C(C)C. The van der Waals surface area contributed by atoms with E-state index in [0.29, 0.717) is 5.92 Å². The van der Waals surface area contributed by atoms with Crippen molar-refractivity contribution in [3.63, 3.8) is 0 Å². The first kappa shape index (κ1) is 9.99. The molecule has 1 aliphatic carbocycles. The van der Waals surface area contributed by atoms with Crippen LogP contribution in [-0.2, 0) is 10.0 Å². The van der Waals surface area contributed by atoms with E-state index < -0.39 is 10.0 Å². The second-order valence-corrected chi connectivity index (χ2v) is 5.99. The van der Waals surface area contributed by atoms with E-state index in [4.69, 9.17) is 0 Å². The molecule has 0 aromatic carbocycles. The lowest BCUT2D eigenvalue weighted by molar-refractivity contribution is 0.567. The molecule has 0 aliphatic heterocycles. The van der Waals surface area contributed by atoms with E-state index in [1.165, 1.54) is 0 Å². The van der Waals surface area contributed by atoms with Crippen molar-refractivity contribution >= 4 is 10.0 Å². The highest BCUT2D eigenvalue weighted by Gasteiger charge is 2.38. The van der Waals surface area contributed by atoms with Gasteiger partial charge in [0.25, 0.3) is 0 Å². The molecule has 0 heterocycles. The summed E-state index contributed by atoms with van der Waals surface area (Å²) >= 11 is 0. The summed E-state index contributed by atoms with van der Waals surface area (Å²) in [4.78, 5) is 0. The third-order valence-electron chi connectivity index (χ3n) is 2.38. The number of hydrogen-bond acceptors (Lipinski definition) is 2. The zero-order valence-corrected chi connectivity index (χ0v) is 8.69. The van der Waals surface area contributed by atoms with Crippen molar-refractivity contribution in [3.05, 3.63) is 0 Å². The van der Waals surface area contributed by atoms with Gasteiger partial charge in [-0.3, -0.25) is 0 Å². The fraction of sp³-hybridized carbons (Fsp3) is 1.00. The molecule has 2 unspecified atom stereocenters. The van der Waals surface area contributed by atoms with E-state index in [9.17, 15) is 8.42 Å². The molecule has 0 aromatic heterocycles. The first-order valence-corrected chi connectivity index (χ1v) is 6.03. The van der Waals surface area contributed by atoms with Gasteiger partial charge in [0.15, 0.2) is 0 Å². The minimum atomic E-state index is -3.03. The number of nitrogens with one attached hydrogen (secondary N) is 1. The first-order valence-electron chi connectivity index (χ1n) is 4.48. The van der Waals surface area contributed by atoms with Gasteiger partial charge in [-0.25, -0.2) is 13.1 Å². The molecule has 3 nitrogen and oxygen atoms in total. The largest absolute Gasteiger partial charge is 0.214 e. The van der Waals surface area contributed by atoms with Crippen LogP contribution in [0.4, 0.5) is 0 Å². The Bertz CT molecular complexity index is 246. The van der Waals surface area contributed by atoms with E-state index >= 15 is 0 Å². The number of rotatable bonds is 4. The quantitative estimate of drug-likeness (QED) is 0.723. The van der Waals surface area contributed by atoms with Gasteiger partial charge in [-0.05, 0) is 26.2 Å². The molecule has 1 rings (SSSR count). The summed E-state index contributed by atoms with van der Waals surface area (Å²) in [5, 5.41) is -0.310. The van der Waals surface area contributed by atoms with Crippen LogP contribution < -0.4 is 4.72 Å². The van der Waals surface area contributed by atoms with E-state index in [-0.39, 0.29) is 11.3 Å². The zero-order valence-electron chi connectivity index (χ0n) is 7.87. The molecule has 72 valence electrons. The lowest BCUT2D eigenvalue weighted by atomic mass is 10.3. The molecular formula is C8H17NO2S. The minimum absolute atomic E-state index is 0.224. The normalized spacial score (nSPS) is 29.3. The topological polar surface area (TPSA) is 46.2 Å². The molecule has 4 heteroatoms. The fourth-order valence-corrected chi connectivity index (χ4v) is 2.17. The van der Waals surface area contributed by atoms with Gasteiger partial charge in [-0.2, -0.15) is 0 Å². The molecule has 0 aromatic rings. The first-order chi connectivity index (χ1) is 5.47. The molecule has 12 heavy (non-hydrogen) atoms. The number of sulfonamides is 1.